The molecule has 0 aliphatic carbocycles. The van der Waals surface area contributed by atoms with Crippen molar-refractivity contribution in [3.05, 3.63) is 41.3 Å². The van der Waals surface area contributed by atoms with Crippen molar-refractivity contribution in [2.24, 2.45) is 0 Å². The van der Waals surface area contributed by atoms with Crippen LogP contribution in [0.2, 0.25) is 0 Å². The third-order valence-electron chi connectivity index (χ3n) is 4.71. The molecule has 1 radical (unpaired) electrons. The van der Waals surface area contributed by atoms with Gasteiger partial charge in [0.25, 0.3) is 0 Å². The standard InChI is InChI=1S/C18H11Cl18/c1-2-3-5-8-9(11(19,20)13(23,24)15(27,28)17(31,32)33)6-4-7-10(8)12(21,22)14(25,26)16(29,30)18(34,35)36/h4-7H,2-3H2,1H3. The number of hydrogen-bond donors (Lipinski definition) is 0. The van der Waals surface area contributed by atoms with Crippen LogP contribution in [0.3, 0.4) is 0 Å². The van der Waals surface area contributed by atoms with Gasteiger partial charge < -0.3 is 0 Å². The number of halogens is 18. The highest BCUT2D eigenvalue weighted by Gasteiger charge is 2.71. The smallest absolute Gasteiger partial charge is 0.0943 e. The fourth-order valence-electron chi connectivity index (χ4n) is 2.71. The molecule has 36 heavy (non-hydrogen) atoms. The predicted octanol–water partition coefficient (Wildman–Crippen LogP) is 13.7. The lowest BCUT2D eigenvalue weighted by Gasteiger charge is -2.46. The van der Waals surface area contributed by atoms with Crippen molar-refractivity contribution in [3.8, 4) is 0 Å². The maximum Gasteiger partial charge on any atom is 0.226 e. The van der Waals surface area contributed by atoms with Crippen molar-refractivity contribution in [3.63, 3.8) is 0 Å². The summed E-state index contributed by atoms with van der Waals surface area (Å²) in [6, 6.07) is 4.22. The highest BCUT2D eigenvalue weighted by molar-refractivity contribution is 6.81. The molecule has 1 rings (SSSR count). The van der Waals surface area contributed by atoms with Crippen molar-refractivity contribution in [2.45, 2.75) is 53.4 Å². The normalized spacial score (nSPS) is 15.4. The fraction of sp³-hybridized carbons (Fsp3) is 0.611. The Kier molecular flexibility index (Phi) is 13.7. The summed E-state index contributed by atoms with van der Waals surface area (Å²) in [7, 11) is 0. The molecule has 0 N–H and O–H groups in total. The molecular weight excluding hydrogens is 854 g/mol. The minimum absolute atomic E-state index is 0.0415. The van der Waals surface area contributed by atoms with Crippen molar-refractivity contribution in [2.75, 3.05) is 0 Å². The molecule has 0 saturated heterocycles. The predicted molar refractivity (Wildman–Crippen MR) is 170 cm³/mol. The highest BCUT2D eigenvalue weighted by Crippen LogP contribution is 2.68. The van der Waals surface area contributed by atoms with E-state index in [4.69, 9.17) is 209 Å². The van der Waals surface area contributed by atoms with E-state index in [0.29, 0.717) is 12.8 Å². The van der Waals surface area contributed by atoms with Crippen molar-refractivity contribution in [1.82, 2.24) is 0 Å². The van der Waals surface area contributed by atoms with Gasteiger partial charge in [0.2, 0.25) is 16.3 Å². The molecule has 1 aromatic rings. The number of hydrogen-bond acceptors (Lipinski definition) is 0. The zero-order chi connectivity index (χ0) is 29.0. The van der Waals surface area contributed by atoms with Crippen LogP contribution in [0, 0.1) is 6.42 Å². The summed E-state index contributed by atoms with van der Waals surface area (Å²) in [6.45, 7) is 1.87. The van der Waals surface area contributed by atoms with E-state index in [1.165, 1.54) is 18.2 Å². The monoisotopic (exact) mass is 857 g/mol. The topological polar surface area (TPSA) is 0 Å². The molecule has 0 aromatic heterocycles. The summed E-state index contributed by atoms with van der Waals surface area (Å²) in [5.74, 6) is 0. The van der Waals surface area contributed by atoms with Gasteiger partial charge in [-0.3, -0.25) is 0 Å². The first-order valence-corrected chi connectivity index (χ1v) is 15.9. The minimum atomic E-state index is -2.59. The first-order valence-electron chi connectivity index (χ1n) is 9.05. The molecule has 0 saturated carbocycles. The van der Waals surface area contributed by atoms with Crippen molar-refractivity contribution < 1.29 is 0 Å². The van der Waals surface area contributed by atoms with E-state index in [2.05, 4.69) is 0 Å². The number of alkyl halides is 18. The van der Waals surface area contributed by atoms with Gasteiger partial charge >= 0.3 is 0 Å². The van der Waals surface area contributed by atoms with Gasteiger partial charge in [-0.05, 0) is 29.5 Å². The molecule has 0 unspecified atom stereocenters. The van der Waals surface area contributed by atoms with E-state index < -0.39 is 33.6 Å². The summed E-state index contributed by atoms with van der Waals surface area (Å²) >= 11 is 113. The fourth-order valence-corrected chi connectivity index (χ4v) is 7.29. The van der Waals surface area contributed by atoms with E-state index in [1.54, 1.807) is 6.42 Å². The molecule has 0 spiro atoms. The van der Waals surface area contributed by atoms with Gasteiger partial charge in [-0.15, -0.1) is 0 Å². The average molecular weight is 865 g/mol. The maximum atomic E-state index is 6.70. The molecule has 0 bridgehead atoms. The Morgan fingerprint density at radius 1 is 0.528 bits per heavy atom. The van der Waals surface area contributed by atoms with Gasteiger partial charge in [0.05, 0.1) is 0 Å². The summed E-state index contributed by atoms with van der Waals surface area (Å²) < 4.78 is -20.1. The minimum Gasteiger partial charge on any atom is -0.0943 e. The second-order valence-electron chi connectivity index (χ2n) is 7.20. The van der Waals surface area contributed by atoms with Crippen LogP contribution in [0.5, 0.6) is 0 Å². The number of rotatable bonds is 9. The van der Waals surface area contributed by atoms with Crippen molar-refractivity contribution >= 4 is 209 Å². The summed E-state index contributed by atoms with van der Waals surface area (Å²) in [6.07, 6.45) is 2.67. The Morgan fingerprint density at radius 3 is 1.08 bits per heavy atom. The van der Waals surface area contributed by atoms with Gasteiger partial charge in [-0.25, -0.2) is 0 Å². The van der Waals surface area contributed by atoms with Crippen LogP contribution in [0.25, 0.3) is 0 Å². The zero-order valence-corrected chi connectivity index (χ0v) is 30.6. The van der Waals surface area contributed by atoms with E-state index in [1.807, 2.05) is 6.92 Å². The van der Waals surface area contributed by atoms with Crippen LogP contribution in [0.4, 0.5) is 0 Å². The number of unbranched alkanes of at least 4 members (excludes halogenated alkanes) is 1. The Hall–Kier alpha value is 4.44. The second-order valence-corrected chi connectivity index (χ2v) is 19.7. The molecule has 0 amide bonds. The van der Waals surface area contributed by atoms with E-state index >= 15 is 0 Å². The second kappa shape index (κ2) is 12.8. The molecule has 0 heterocycles. The van der Waals surface area contributed by atoms with E-state index in [0.717, 1.165) is 0 Å². The van der Waals surface area contributed by atoms with E-state index in [-0.39, 0.29) is 16.7 Å². The maximum absolute atomic E-state index is 6.70. The highest BCUT2D eigenvalue weighted by atomic mass is 35.6. The third-order valence-corrected chi connectivity index (χ3v) is 15.6. The Morgan fingerprint density at radius 2 is 0.833 bits per heavy atom. The molecule has 0 fully saturated rings. The Bertz CT molecular complexity index is 853. The molecule has 0 atom stereocenters. The van der Waals surface area contributed by atoms with E-state index in [9.17, 15) is 0 Å². The first-order chi connectivity index (χ1) is 15.7. The van der Waals surface area contributed by atoms with Crippen LogP contribution >= 0.6 is 209 Å². The SMILES string of the molecule is CCC[CH]c1c(C(Cl)(Cl)C(Cl)(Cl)C(Cl)(Cl)C(Cl)(Cl)Cl)cccc1C(Cl)(Cl)C(Cl)(Cl)C(Cl)(Cl)C(Cl)(Cl)Cl. The average Bonchev–Trinajstić information content (AvgIpc) is 2.69. The first kappa shape index (κ1) is 38.5. The van der Waals surface area contributed by atoms with Gasteiger partial charge in [0.1, 0.15) is 0 Å². The Balaban J connectivity index is 4.02. The number of benzene rings is 1. The quantitative estimate of drug-likeness (QED) is 0.217. The Labute approximate surface area is 299 Å². The van der Waals surface area contributed by atoms with Crippen LogP contribution in [0.15, 0.2) is 18.2 Å². The van der Waals surface area contributed by atoms with Crippen LogP contribution < -0.4 is 0 Å². The molecule has 0 aliphatic rings. The third kappa shape index (κ3) is 6.89. The summed E-state index contributed by atoms with van der Waals surface area (Å²) in [5.41, 5.74) is 0.0490. The molecule has 0 aliphatic heterocycles. The largest absolute Gasteiger partial charge is 0.226 e. The summed E-state index contributed by atoms with van der Waals surface area (Å²) in [4.78, 5) is 0. The van der Waals surface area contributed by atoms with Gasteiger partial charge in [0, 0.05) is 0 Å². The van der Waals surface area contributed by atoms with Gasteiger partial charge in [-0.2, -0.15) is 0 Å². The lowest BCUT2D eigenvalue weighted by atomic mass is 9.89. The molecule has 209 valence electrons. The molecule has 0 nitrogen and oxygen atoms in total. The van der Waals surface area contributed by atoms with Crippen molar-refractivity contribution in [1.29, 1.82) is 0 Å². The molecule has 18 heteroatoms. The van der Waals surface area contributed by atoms with Gasteiger partial charge in [-0.1, -0.05) is 240 Å². The summed E-state index contributed by atoms with van der Waals surface area (Å²) in [5, 5.41) is 0. The molecule has 1 aromatic carbocycles. The van der Waals surface area contributed by atoms with Crippen LogP contribution in [-0.2, 0) is 8.67 Å². The lowest BCUT2D eigenvalue weighted by molar-refractivity contribution is 0.585. The zero-order valence-electron chi connectivity index (χ0n) is 17.0. The van der Waals surface area contributed by atoms with Crippen LogP contribution in [0.1, 0.15) is 36.5 Å². The lowest BCUT2D eigenvalue weighted by Crippen LogP contribution is -2.56. The van der Waals surface area contributed by atoms with Gasteiger partial charge in [0.15, 0.2) is 17.3 Å². The molecular formula is C18H11Cl18. The van der Waals surface area contributed by atoms with Crippen LogP contribution in [-0.4, -0.2) is 24.9 Å².